The second kappa shape index (κ2) is 12.9. The van der Waals surface area contributed by atoms with Crippen LogP contribution in [-0.4, -0.2) is 28.2 Å². The minimum atomic E-state index is -0.613. The Morgan fingerprint density at radius 2 is 1.45 bits per heavy atom. The van der Waals surface area contributed by atoms with Crippen molar-refractivity contribution in [3.8, 4) is 0 Å². The molecular weight excluding hydrogens is 566 g/mol. The van der Waals surface area contributed by atoms with Crippen molar-refractivity contribution < 1.29 is 14.4 Å². The van der Waals surface area contributed by atoms with Gasteiger partial charge in [0.1, 0.15) is 11.5 Å². The summed E-state index contributed by atoms with van der Waals surface area (Å²) < 4.78 is 0.747. The van der Waals surface area contributed by atoms with Gasteiger partial charge >= 0.3 is 0 Å². The molecule has 0 aliphatic heterocycles. The molecule has 0 bridgehead atoms. The molecule has 0 unspecified atom stereocenters. The van der Waals surface area contributed by atoms with Crippen LogP contribution in [0.2, 0.25) is 5.02 Å². The van der Waals surface area contributed by atoms with Gasteiger partial charge < -0.3 is 5.32 Å². The first-order valence-electron chi connectivity index (χ1n) is 11.5. The molecule has 188 valence electrons. The number of hydrogen-bond donors (Lipinski definition) is 1. The lowest BCUT2D eigenvalue weighted by Gasteiger charge is -2.09. The second-order valence-electron chi connectivity index (χ2n) is 8.10. The number of pyridine rings is 1. The molecule has 3 aromatic carbocycles. The van der Waals surface area contributed by atoms with Gasteiger partial charge in [0.2, 0.25) is 0 Å². The normalized spacial score (nSPS) is 11.6. The summed E-state index contributed by atoms with van der Waals surface area (Å²) in [5.74, 6) is -0.919. The first-order valence-corrected chi connectivity index (χ1v) is 12.7. The number of halogens is 2. The van der Waals surface area contributed by atoms with Crippen molar-refractivity contribution >= 4 is 62.1 Å². The van der Waals surface area contributed by atoms with Gasteiger partial charge in [-0.3, -0.25) is 19.4 Å². The van der Waals surface area contributed by atoms with E-state index in [1.807, 2.05) is 24.3 Å². The fourth-order valence-corrected chi connectivity index (χ4v) is 3.84. The third kappa shape index (κ3) is 7.18. The Hall–Kier alpha value is -4.20. The Balaban J connectivity index is 1.73. The number of nitrogens with one attached hydrogen (secondary N) is 1. The van der Waals surface area contributed by atoms with Crippen molar-refractivity contribution in [2.45, 2.75) is 6.42 Å². The first kappa shape index (κ1) is 26.9. The summed E-state index contributed by atoms with van der Waals surface area (Å²) in [6.45, 7) is 0. The maximum atomic E-state index is 13.4. The van der Waals surface area contributed by atoms with E-state index >= 15 is 0 Å². The number of allylic oxidation sites excluding steroid dienone is 1. The maximum Gasteiger partial charge on any atom is 0.271 e. The van der Waals surface area contributed by atoms with Crippen LogP contribution in [0.15, 0.2) is 119 Å². The van der Waals surface area contributed by atoms with Crippen LogP contribution >= 0.6 is 27.5 Å². The van der Waals surface area contributed by atoms with Crippen LogP contribution in [0.1, 0.15) is 32.7 Å². The van der Waals surface area contributed by atoms with Crippen molar-refractivity contribution in [1.82, 2.24) is 4.98 Å². The predicted octanol–water partition coefficient (Wildman–Crippen LogP) is 7.07. The zero-order valence-electron chi connectivity index (χ0n) is 20.0. The summed E-state index contributed by atoms with van der Waals surface area (Å²) in [5.41, 5.74) is 1.68. The van der Waals surface area contributed by atoms with Crippen LogP contribution < -0.4 is 5.32 Å². The highest BCUT2D eigenvalue weighted by Gasteiger charge is 2.19. The van der Waals surface area contributed by atoms with E-state index in [2.05, 4.69) is 31.2 Å². The monoisotopic (exact) mass is 585 g/mol. The molecular formula is C30H21BrClN3O3. The van der Waals surface area contributed by atoms with Crippen LogP contribution in [-0.2, 0) is 4.79 Å². The molecule has 8 heteroatoms. The van der Waals surface area contributed by atoms with Crippen LogP contribution in [0.5, 0.6) is 0 Å². The molecule has 6 nitrogen and oxygen atoms in total. The minimum Gasteiger partial charge on any atom is -0.305 e. The van der Waals surface area contributed by atoms with Crippen LogP contribution in [0.4, 0.5) is 5.82 Å². The zero-order valence-corrected chi connectivity index (χ0v) is 22.3. The highest BCUT2D eigenvalue weighted by atomic mass is 79.9. The van der Waals surface area contributed by atoms with E-state index in [1.54, 1.807) is 72.8 Å². The Morgan fingerprint density at radius 3 is 2.05 bits per heavy atom. The molecule has 0 radical (unpaired) electrons. The number of ketones is 2. The lowest BCUT2D eigenvalue weighted by Crippen LogP contribution is -2.26. The Morgan fingerprint density at radius 1 is 0.816 bits per heavy atom. The quantitative estimate of drug-likeness (QED) is 0.129. The number of aliphatic imine (C=N–C) groups is 1. The number of nitrogens with zero attached hydrogens (tertiary/aromatic N) is 2. The third-order valence-electron chi connectivity index (χ3n) is 5.44. The summed E-state index contributed by atoms with van der Waals surface area (Å²) in [7, 11) is 0. The molecule has 4 aromatic rings. The lowest BCUT2D eigenvalue weighted by atomic mass is 9.97. The summed E-state index contributed by atoms with van der Waals surface area (Å²) in [4.78, 5) is 48.2. The fraction of sp³-hybridized carbons (Fsp3) is 0.0333. The van der Waals surface area contributed by atoms with E-state index in [9.17, 15) is 14.4 Å². The van der Waals surface area contributed by atoms with E-state index in [0.29, 0.717) is 21.7 Å². The minimum absolute atomic E-state index is 0.0797. The van der Waals surface area contributed by atoms with Crippen LogP contribution in [0, 0.1) is 0 Å². The number of anilines is 1. The molecule has 1 N–H and O–H groups in total. The largest absolute Gasteiger partial charge is 0.305 e. The van der Waals surface area contributed by atoms with Gasteiger partial charge in [-0.05, 0) is 57.9 Å². The van der Waals surface area contributed by atoms with Gasteiger partial charge in [-0.2, -0.15) is 0 Å². The van der Waals surface area contributed by atoms with E-state index in [1.165, 1.54) is 12.4 Å². The molecule has 1 heterocycles. The van der Waals surface area contributed by atoms with Crippen molar-refractivity contribution in [1.29, 1.82) is 0 Å². The summed E-state index contributed by atoms with van der Waals surface area (Å²) in [6, 6.07) is 27.5. The zero-order chi connectivity index (χ0) is 26.9. The number of hydrogen-bond acceptors (Lipinski definition) is 5. The highest BCUT2D eigenvalue weighted by molar-refractivity contribution is 9.10. The molecule has 1 amide bonds. The van der Waals surface area contributed by atoms with Crippen molar-refractivity contribution in [2.75, 3.05) is 5.32 Å². The SMILES string of the molecule is O=C(Nc1ccc(Br)cn1)C(CC(=O)c1ccc(Cl)cc1)=N/C=C(/C(=O)c1ccccc1)c1ccccc1. The van der Waals surface area contributed by atoms with E-state index < -0.39 is 5.91 Å². The Bertz CT molecular complexity index is 1500. The van der Waals surface area contributed by atoms with Crippen LogP contribution in [0.3, 0.4) is 0 Å². The number of amides is 1. The van der Waals surface area contributed by atoms with Gasteiger partial charge in [0.15, 0.2) is 11.6 Å². The number of carbonyl (C=O) groups excluding carboxylic acids is 3. The summed E-state index contributed by atoms with van der Waals surface area (Å²) >= 11 is 9.26. The third-order valence-corrected chi connectivity index (χ3v) is 6.16. The number of aromatic nitrogens is 1. The van der Waals surface area contributed by atoms with Crippen molar-refractivity contribution in [3.63, 3.8) is 0 Å². The number of Topliss-reactive ketones (excluding diaryl/α,β-unsaturated/α-hetero) is 2. The molecule has 38 heavy (non-hydrogen) atoms. The molecule has 4 rings (SSSR count). The highest BCUT2D eigenvalue weighted by Crippen LogP contribution is 2.21. The standard InChI is InChI=1S/C30H21BrClN3O3/c31-23-13-16-28(34-18-23)35-30(38)26(17-27(36)21-11-14-24(32)15-12-21)33-19-25(20-7-3-1-4-8-20)29(37)22-9-5-2-6-10-22/h1-16,18-19H,17H2,(H,34,35,38)/b25-19+,33-26?. The number of rotatable bonds is 9. The average Bonchev–Trinajstić information content (AvgIpc) is 2.95. The smallest absolute Gasteiger partial charge is 0.271 e. The summed E-state index contributed by atoms with van der Waals surface area (Å²) in [6.07, 6.45) is 2.57. The second-order valence-corrected chi connectivity index (χ2v) is 9.45. The molecule has 0 saturated carbocycles. The van der Waals surface area contributed by atoms with E-state index in [-0.39, 0.29) is 35.1 Å². The molecule has 0 aliphatic carbocycles. The van der Waals surface area contributed by atoms with E-state index in [0.717, 1.165) is 4.47 Å². The topological polar surface area (TPSA) is 88.5 Å². The van der Waals surface area contributed by atoms with Gasteiger partial charge in [0.25, 0.3) is 5.91 Å². The molecule has 0 aliphatic rings. The first-order chi connectivity index (χ1) is 18.4. The van der Waals surface area contributed by atoms with Gasteiger partial charge in [-0.15, -0.1) is 0 Å². The Labute approximate surface area is 233 Å². The molecule has 1 aromatic heterocycles. The van der Waals surface area contributed by atoms with Crippen molar-refractivity contribution in [3.05, 3.63) is 136 Å². The van der Waals surface area contributed by atoms with Crippen LogP contribution in [0.25, 0.3) is 5.57 Å². The van der Waals surface area contributed by atoms with Gasteiger partial charge in [0.05, 0.1) is 6.42 Å². The lowest BCUT2D eigenvalue weighted by molar-refractivity contribution is -0.110. The Kier molecular flexibility index (Phi) is 9.08. The van der Waals surface area contributed by atoms with Gasteiger partial charge in [-0.1, -0.05) is 72.3 Å². The summed E-state index contributed by atoms with van der Waals surface area (Å²) in [5, 5.41) is 3.16. The molecule has 0 atom stereocenters. The maximum absolute atomic E-state index is 13.4. The van der Waals surface area contributed by atoms with Gasteiger partial charge in [0, 0.05) is 38.6 Å². The average molecular weight is 587 g/mol. The number of carbonyl (C=O) groups is 3. The number of benzene rings is 3. The van der Waals surface area contributed by atoms with E-state index in [4.69, 9.17) is 11.6 Å². The molecule has 0 saturated heterocycles. The fourth-order valence-electron chi connectivity index (χ4n) is 3.48. The molecule has 0 spiro atoms. The molecule has 0 fully saturated rings. The van der Waals surface area contributed by atoms with Crippen molar-refractivity contribution in [2.24, 2.45) is 4.99 Å². The van der Waals surface area contributed by atoms with Gasteiger partial charge in [-0.25, -0.2) is 4.98 Å². The predicted molar refractivity (Wildman–Crippen MR) is 154 cm³/mol.